The molecule has 1 heterocycles. The lowest BCUT2D eigenvalue weighted by Crippen LogP contribution is -2.41. The number of carbonyl (C=O) groups is 7. The summed E-state index contributed by atoms with van der Waals surface area (Å²) < 4.78 is 4.58. The molecule has 0 bridgehead atoms. The lowest BCUT2D eigenvalue weighted by Gasteiger charge is -2.29. The van der Waals surface area contributed by atoms with E-state index in [-0.39, 0.29) is 83.3 Å². The number of unbranched alkanes of at least 4 members (excludes halogenated alkanes) is 2. The molecular weight excluding hydrogens is 1490 g/mol. The predicted molar refractivity (Wildman–Crippen MR) is 491 cm³/mol. The zero-order valence-corrected chi connectivity index (χ0v) is 81.8. The van der Waals surface area contributed by atoms with Crippen molar-refractivity contribution in [1.29, 1.82) is 0 Å². The number of aryl methyl sites for hydroxylation is 1. The Kier molecular flexibility index (Phi) is 72.2. The molecule has 1 aromatic heterocycles. The van der Waals surface area contributed by atoms with Crippen molar-refractivity contribution in [2.75, 3.05) is 145 Å². The summed E-state index contributed by atoms with van der Waals surface area (Å²) >= 11 is 10.9. The molecule has 4 N–H and O–H groups in total. The molecule has 0 aliphatic heterocycles. The predicted octanol–water partition coefficient (Wildman–Crippen LogP) is 16.8. The van der Waals surface area contributed by atoms with Crippen LogP contribution in [0.15, 0.2) is 24.5 Å². The van der Waals surface area contributed by atoms with E-state index in [1.165, 1.54) is 49.5 Å². The zero-order chi connectivity index (χ0) is 86.3. The van der Waals surface area contributed by atoms with Crippen LogP contribution < -0.4 is 11.5 Å². The summed E-state index contributed by atoms with van der Waals surface area (Å²) in [5.74, 6) is 15.2. The number of nitrogens with zero attached hydrogens (tertiary/aromatic N) is 8. The Bertz CT molecular complexity index is 2480. The van der Waals surface area contributed by atoms with Crippen molar-refractivity contribution in [2.45, 2.75) is 262 Å². The van der Waals surface area contributed by atoms with Gasteiger partial charge in [0, 0.05) is 191 Å². The van der Waals surface area contributed by atoms with Gasteiger partial charge in [-0.15, -0.1) is 0 Å². The van der Waals surface area contributed by atoms with Crippen molar-refractivity contribution < 1.29 is 38.3 Å². The largest absolute Gasteiger partial charge is 0.468 e. The van der Waals surface area contributed by atoms with E-state index >= 15 is 0 Å². The summed E-state index contributed by atoms with van der Waals surface area (Å²) in [5.41, 5.74) is 12.5. The number of nitrogens with two attached hydrogens (primary N) is 2. The molecule has 18 nitrogen and oxygen atoms in total. The fourth-order valence-corrected chi connectivity index (χ4v) is 17.5. The lowest BCUT2D eigenvalue weighted by molar-refractivity contribution is -0.141. The standard InChI is InChI=1S/C17H28N2OS.C16H34N2OS.C15H31NOS.C14H28N2O3S.C12H26N2OS.C12H25NOS/c1-13(2)16(17(20)19(5)14(3)4)12-21-11-8-15-6-9-18-10-7-15;1-8-18(9-2)10-11-20-12-15(13(3)4)16(19)17(7)14(5)6;1-7-8-9-10-18-11-14(12(2)3)15(17)16(6)13(4)5;1-9(2)11(13(17)16(5)10(3)4)7-20-8-12(15)14(18)19-6;1-9(2)11(8-16-7-6-13)12(15)14(5)10(3)4;1-7-15-8-11(9(2)3)12(14)13(6)10(4)5/h6-7,9-10,13-14,16H,8,11-12H2,1-5H3;13-15H,8-12H2,1-7H3;12-14H,7-11H2,1-6H3;9-12H,7-8,15H2,1-6H3;9-11H,6-8,13H2,1-5H3;9-11H,7-8H2,1-6H3/t16-;15-;14-;11-,12?;2*11-/m000000/s1. The van der Waals surface area contributed by atoms with Gasteiger partial charge in [-0.25, -0.2) is 0 Å². The smallest absolute Gasteiger partial charge is 0.323 e. The van der Waals surface area contributed by atoms with Crippen LogP contribution >= 0.6 is 70.6 Å². The van der Waals surface area contributed by atoms with Gasteiger partial charge in [-0.05, 0) is 179 Å². The average Bonchev–Trinajstić information content (AvgIpc) is 0.908. The van der Waals surface area contributed by atoms with E-state index < -0.39 is 12.0 Å². The van der Waals surface area contributed by atoms with Crippen molar-refractivity contribution in [3.8, 4) is 0 Å². The maximum Gasteiger partial charge on any atom is 0.323 e. The number of methoxy groups -OCH3 is 1. The first-order valence-corrected chi connectivity index (χ1v) is 48.4. The number of amides is 6. The van der Waals surface area contributed by atoms with Crippen LogP contribution in [-0.4, -0.2) is 268 Å². The first-order chi connectivity index (χ1) is 51.2. The molecule has 0 aliphatic rings. The van der Waals surface area contributed by atoms with Gasteiger partial charge >= 0.3 is 5.97 Å². The highest BCUT2D eigenvalue weighted by Gasteiger charge is 2.32. The topological polar surface area (TPSA) is 216 Å². The second-order valence-corrected chi connectivity index (χ2v) is 39.6. The summed E-state index contributed by atoms with van der Waals surface area (Å²) in [5, 5.41) is 0. The molecule has 1 rings (SSSR count). The Balaban J connectivity index is -0.000000402. The van der Waals surface area contributed by atoms with E-state index in [1.54, 1.807) is 16.7 Å². The summed E-state index contributed by atoms with van der Waals surface area (Å²) in [7, 11) is 12.7. The number of rotatable bonds is 48. The number of ether oxygens (including phenoxy) is 1. The Labute approximate surface area is 703 Å². The fourth-order valence-electron chi connectivity index (χ4n) is 10.0. The molecule has 1 aromatic rings. The maximum absolute atomic E-state index is 12.5. The second-order valence-electron chi connectivity index (χ2n) is 32.6. The lowest BCUT2D eigenvalue weighted by atomic mass is 9.96. The molecule has 6 amide bonds. The van der Waals surface area contributed by atoms with Crippen molar-refractivity contribution in [3.05, 3.63) is 30.1 Å². The molecule has 1 unspecified atom stereocenters. The van der Waals surface area contributed by atoms with Gasteiger partial charge in [0.2, 0.25) is 35.4 Å². The number of esters is 1. The van der Waals surface area contributed by atoms with Crippen LogP contribution in [0.2, 0.25) is 0 Å². The minimum absolute atomic E-state index is 0.0581. The molecule has 0 radical (unpaired) electrons. The van der Waals surface area contributed by atoms with Gasteiger partial charge in [0.1, 0.15) is 6.04 Å². The highest BCUT2D eigenvalue weighted by molar-refractivity contribution is 8.00. The number of hydrogen-bond acceptors (Lipinski definition) is 18. The molecule has 0 spiro atoms. The Morgan fingerprint density at radius 1 is 0.382 bits per heavy atom. The van der Waals surface area contributed by atoms with Crippen LogP contribution in [-0.2, 0) is 44.7 Å². The molecule has 0 saturated carbocycles. The van der Waals surface area contributed by atoms with E-state index in [4.69, 9.17) is 11.5 Å². The normalized spacial score (nSPS) is 13.3. The van der Waals surface area contributed by atoms with Gasteiger partial charge < -0.3 is 50.5 Å². The first kappa shape index (κ1) is 116. The summed E-state index contributed by atoms with van der Waals surface area (Å²) in [4.78, 5) is 103. The molecule has 0 saturated heterocycles. The van der Waals surface area contributed by atoms with Crippen LogP contribution in [0.25, 0.3) is 0 Å². The zero-order valence-electron chi connectivity index (χ0n) is 76.9. The van der Waals surface area contributed by atoms with Gasteiger partial charge in [-0.2, -0.15) is 70.6 Å². The highest BCUT2D eigenvalue weighted by atomic mass is 32.2. The molecule has 7 atom stereocenters. The van der Waals surface area contributed by atoms with E-state index in [9.17, 15) is 33.6 Å². The maximum atomic E-state index is 12.5. The Hall–Kier alpha value is -2.58. The molecule has 0 aliphatic carbocycles. The van der Waals surface area contributed by atoms with E-state index in [1.807, 2.05) is 168 Å². The van der Waals surface area contributed by atoms with Crippen molar-refractivity contribution in [2.24, 2.45) is 82.5 Å². The Morgan fingerprint density at radius 2 is 0.655 bits per heavy atom. The number of carbonyl (C=O) groups excluding carboxylic acids is 7. The van der Waals surface area contributed by atoms with Gasteiger partial charge in [-0.1, -0.05) is 124 Å². The number of thioether (sulfide) groups is 6. The van der Waals surface area contributed by atoms with Crippen LogP contribution in [0.1, 0.15) is 219 Å². The van der Waals surface area contributed by atoms with E-state index in [0.717, 1.165) is 77.8 Å². The third kappa shape index (κ3) is 52.9. The summed E-state index contributed by atoms with van der Waals surface area (Å²) in [6.45, 7) is 62.9. The van der Waals surface area contributed by atoms with Gasteiger partial charge in [-0.3, -0.25) is 38.5 Å². The number of pyridine rings is 1. The molecular formula is C86H172N10O8S6. The third-order valence-electron chi connectivity index (χ3n) is 20.1. The Morgan fingerprint density at radius 3 is 0.909 bits per heavy atom. The third-order valence-corrected chi connectivity index (χ3v) is 26.8. The van der Waals surface area contributed by atoms with Gasteiger partial charge in [0.05, 0.1) is 7.11 Å². The molecule has 24 heteroatoms. The summed E-state index contributed by atoms with van der Waals surface area (Å²) in [6, 6.07) is 5.07. The van der Waals surface area contributed by atoms with Crippen LogP contribution in [0, 0.1) is 71.0 Å². The van der Waals surface area contributed by atoms with Gasteiger partial charge in [0.25, 0.3) is 0 Å². The van der Waals surface area contributed by atoms with Crippen LogP contribution in [0.5, 0.6) is 0 Å². The number of hydrogen-bond donors (Lipinski definition) is 2. The SMILES string of the molecule is CC(C)[C@H](CSCCN)C(=O)N(C)C(C)C.CC(C)[C@H](CSCCc1ccncc1)C(=O)N(C)C(C)C.CCCCCSC[C@H](C(=O)N(C)C(C)C)C(C)C.CCN(CC)CCSC[C@H](C(=O)N(C)C(C)C)C(C)C.CCSC[C@H](C(=O)N(C)C(C)C)C(C)C.COC(=O)C(N)CSC[C@H](C(=O)N(C)C(C)C)C(C)C. The average molecular weight is 1670 g/mol. The molecule has 0 fully saturated rings. The molecule has 650 valence electrons. The second kappa shape index (κ2) is 68.5. The highest BCUT2D eigenvalue weighted by Crippen LogP contribution is 2.27. The quantitative estimate of drug-likeness (QED) is 0.0458. The molecule has 110 heavy (non-hydrogen) atoms. The minimum Gasteiger partial charge on any atom is -0.468 e. The minimum atomic E-state index is -0.629. The van der Waals surface area contributed by atoms with E-state index in [2.05, 4.69) is 179 Å². The van der Waals surface area contributed by atoms with Crippen LogP contribution in [0.4, 0.5) is 0 Å². The van der Waals surface area contributed by atoms with Crippen molar-refractivity contribution in [3.63, 3.8) is 0 Å². The van der Waals surface area contributed by atoms with Gasteiger partial charge in [0.15, 0.2) is 0 Å². The fraction of sp³-hybridized carbons (Fsp3) is 0.860. The monoisotopic (exact) mass is 1670 g/mol. The molecule has 0 aromatic carbocycles. The van der Waals surface area contributed by atoms with Crippen molar-refractivity contribution >= 4 is 112 Å². The van der Waals surface area contributed by atoms with Crippen molar-refractivity contribution in [1.82, 2.24) is 39.3 Å². The van der Waals surface area contributed by atoms with E-state index in [0.29, 0.717) is 77.4 Å². The van der Waals surface area contributed by atoms with Crippen LogP contribution in [0.3, 0.4) is 0 Å². The first-order valence-electron chi connectivity index (χ1n) is 41.4. The summed E-state index contributed by atoms with van der Waals surface area (Å²) in [6.07, 6.45) is 8.55. The number of aromatic nitrogens is 1.